The fourth-order valence-electron chi connectivity index (χ4n) is 3.54. The zero-order chi connectivity index (χ0) is 12.3. The molecule has 1 aromatic rings. The van der Waals surface area contributed by atoms with Crippen molar-refractivity contribution >= 4 is 5.82 Å². The van der Waals surface area contributed by atoms with E-state index >= 15 is 0 Å². The van der Waals surface area contributed by atoms with E-state index in [0.29, 0.717) is 17.4 Å². The summed E-state index contributed by atoms with van der Waals surface area (Å²) in [6, 6.07) is 2.67. The minimum atomic E-state index is 0.496. The molecule has 1 spiro atoms. The molecule has 3 heterocycles. The maximum Gasteiger partial charge on any atom is 0.172 e. The van der Waals surface area contributed by atoms with Gasteiger partial charge in [-0.15, -0.1) is 0 Å². The van der Waals surface area contributed by atoms with Crippen LogP contribution in [0, 0.1) is 5.41 Å². The third-order valence-corrected chi connectivity index (χ3v) is 4.80. The lowest BCUT2D eigenvalue weighted by atomic mass is 10.0. The zero-order valence-corrected chi connectivity index (χ0v) is 11.1. The van der Waals surface area contributed by atoms with Gasteiger partial charge in [0.05, 0.1) is 6.04 Å². The molecule has 0 unspecified atom stereocenters. The number of ether oxygens (including phenoxy) is 1. The first-order chi connectivity index (χ1) is 8.69. The first-order valence-electron chi connectivity index (χ1n) is 7.07. The molecule has 0 bridgehead atoms. The molecule has 1 saturated heterocycles. The summed E-state index contributed by atoms with van der Waals surface area (Å²) in [6.45, 7) is 6.48. The lowest BCUT2D eigenvalue weighted by molar-refractivity contribution is 0.263. The Labute approximate surface area is 108 Å². The Hall–Kier alpha value is -1.25. The first kappa shape index (κ1) is 10.7. The SMILES string of the molecule is CC(C)c1ccnc2c1OC[C@@H]1CC3(CC3)CN21. The second kappa shape index (κ2) is 3.40. The van der Waals surface area contributed by atoms with E-state index in [-0.39, 0.29) is 0 Å². The molecular formula is C15H20N2O. The van der Waals surface area contributed by atoms with Gasteiger partial charge in [-0.1, -0.05) is 13.8 Å². The fourth-order valence-corrected chi connectivity index (χ4v) is 3.54. The number of pyridine rings is 1. The van der Waals surface area contributed by atoms with Crippen molar-refractivity contribution in [1.82, 2.24) is 4.98 Å². The third-order valence-electron chi connectivity index (χ3n) is 4.80. The Morgan fingerprint density at radius 1 is 1.44 bits per heavy atom. The van der Waals surface area contributed by atoms with Crippen molar-refractivity contribution in [3.63, 3.8) is 0 Å². The first-order valence-corrected chi connectivity index (χ1v) is 7.07. The molecule has 3 heteroatoms. The van der Waals surface area contributed by atoms with Gasteiger partial charge in [0.25, 0.3) is 0 Å². The Kier molecular flexibility index (Phi) is 2.01. The number of rotatable bonds is 1. The van der Waals surface area contributed by atoms with Crippen molar-refractivity contribution in [3.8, 4) is 5.75 Å². The fraction of sp³-hybridized carbons (Fsp3) is 0.667. The Balaban J connectivity index is 1.77. The highest BCUT2D eigenvalue weighted by atomic mass is 16.5. The molecule has 0 radical (unpaired) electrons. The van der Waals surface area contributed by atoms with Crippen LogP contribution in [-0.4, -0.2) is 24.2 Å². The second-order valence-electron chi connectivity index (χ2n) is 6.50. The molecule has 1 aromatic heterocycles. The molecule has 3 nitrogen and oxygen atoms in total. The van der Waals surface area contributed by atoms with E-state index in [1.165, 1.54) is 31.4 Å². The standard InChI is InChI=1S/C15H20N2O/c1-10(2)12-3-6-16-14-13(12)18-8-11-7-15(4-5-15)9-17(11)14/h3,6,10-11H,4-5,7-9H2,1-2H3/t11-/m0/s1. The maximum absolute atomic E-state index is 6.05. The highest BCUT2D eigenvalue weighted by Crippen LogP contribution is 2.57. The van der Waals surface area contributed by atoms with Crippen LogP contribution in [0.4, 0.5) is 5.82 Å². The minimum absolute atomic E-state index is 0.496. The largest absolute Gasteiger partial charge is 0.487 e. The molecular weight excluding hydrogens is 224 g/mol. The summed E-state index contributed by atoms with van der Waals surface area (Å²) in [7, 11) is 0. The molecule has 2 aliphatic heterocycles. The second-order valence-corrected chi connectivity index (χ2v) is 6.50. The third kappa shape index (κ3) is 1.39. The lowest BCUT2D eigenvalue weighted by Crippen LogP contribution is -2.39. The van der Waals surface area contributed by atoms with Crippen molar-refractivity contribution < 1.29 is 4.74 Å². The molecule has 0 amide bonds. The van der Waals surface area contributed by atoms with Gasteiger partial charge >= 0.3 is 0 Å². The van der Waals surface area contributed by atoms with E-state index in [4.69, 9.17) is 4.74 Å². The van der Waals surface area contributed by atoms with Crippen molar-refractivity contribution in [1.29, 1.82) is 0 Å². The monoisotopic (exact) mass is 244 g/mol. The van der Waals surface area contributed by atoms with E-state index in [2.05, 4.69) is 29.8 Å². The average Bonchev–Trinajstić information content (AvgIpc) is 2.99. The quantitative estimate of drug-likeness (QED) is 0.759. The normalized spacial score (nSPS) is 27.1. The van der Waals surface area contributed by atoms with Crippen LogP contribution in [0.15, 0.2) is 12.3 Å². The summed E-state index contributed by atoms with van der Waals surface area (Å²) in [5.74, 6) is 2.64. The van der Waals surface area contributed by atoms with Gasteiger partial charge in [-0.05, 0) is 36.7 Å². The van der Waals surface area contributed by atoms with E-state index < -0.39 is 0 Å². The number of hydrogen-bond donors (Lipinski definition) is 0. The number of nitrogens with zero attached hydrogens (tertiary/aromatic N) is 2. The Bertz CT molecular complexity index is 493. The molecule has 0 N–H and O–H groups in total. The summed E-state index contributed by atoms with van der Waals surface area (Å²) < 4.78 is 6.05. The molecule has 4 rings (SSSR count). The van der Waals surface area contributed by atoms with Crippen LogP contribution in [0.1, 0.15) is 44.6 Å². The Morgan fingerprint density at radius 2 is 2.28 bits per heavy atom. The van der Waals surface area contributed by atoms with Gasteiger partial charge < -0.3 is 9.64 Å². The van der Waals surface area contributed by atoms with Crippen molar-refractivity contribution in [2.45, 2.75) is 45.1 Å². The van der Waals surface area contributed by atoms with Gasteiger partial charge in [0.2, 0.25) is 0 Å². The maximum atomic E-state index is 6.05. The molecule has 96 valence electrons. The van der Waals surface area contributed by atoms with Crippen LogP contribution in [-0.2, 0) is 0 Å². The van der Waals surface area contributed by atoms with Crippen LogP contribution in [0.2, 0.25) is 0 Å². The Morgan fingerprint density at radius 3 is 3.00 bits per heavy atom. The van der Waals surface area contributed by atoms with Gasteiger partial charge in [0.1, 0.15) is 6.61 Å². The number of hydrogen-bond acceptors (Lipinski definition) is 3. The van der Waals surface area contributed by atoms with Crippen LogP contribution < -0.4 is 9.64 Å². The van der Waals surface area contributed by atoms with Gasteiger partial charge in [-0.2, -0.15) is 0 Å². The van der Waals surface area contributed by atoms with Gasteiger partial charge in [0.15, 0.2) is 11.6 Å². The predicted octanol–water partition coefficient (Wildman–Crippen LogP) is 2.96. The lowest BCUT2D eigenvalue weighted by Gasteiger charge is -2.33. The van der Waals surface area contributed by atoms with Crippen LogP contribution in [0.3, 0.4) is 0 Å². The van der Waals surface area contributed by atoms with Gasteiger partial charge in [-0.3, -0.25) is 0 Å². The molecule has 1 saturated carbocycles. The number of fused-ring (bicyclic) bond motifs is 3. The van der Waals surface area contributed by atoms with Gasteiger partial charge in [0, 0.05) is 18.3 Å². The highest BCUT2D eigenvalue weighted by molar-refractivity contribution is 5.60. The zero-order valence-electron chi connectivity index (χ0n) is 11.1. The smallest absolute Gasteiger partial charge is 0.172 e. The highest BCUT2D eigenvalue weighted by Gasteiger charge is 2.54. The summed E-state index contributed by atoms with van der Waals surface area (Å²) in [6.07, 6.45) is 6.05. The molecule has 1 atom stereocenters. The van der Waals surface area contributed by atoms with Gasteiger partial charge in [-0.25, -0.2) is 4.98 Å². The van der Waals surface area contributed by atoms with E-state index in [1.807, 2.05) is 6.20 Å². The van der Waals surface area contributed by atoms with E-state index in [9.17, 15) is 0 Å². The molecule has 1 aliphatic carbocycles. The van der Waals surface area contributed by atoms with E-state index in [1.54, 1.807) is 0 Å². The molecule has 0 aromatic carbocycles. The summed E-state index contributed by atoms with van der Waals surface area (Å²) in [5.41, 5.74) is 1.92. The van der Waals surface area contributed by atoms with Crippen LogP contribution in [0.5, 0.6) is 5.75 Å². The summed E-state index contributed by atoms with van der Waals surface area (Å²) in [4.78, 5) is 7.11. The van der Waals surface area contributed by atoms with Crippen molar-refractivity contribution in [2.75, 3.05) is 18.1 Å². The molecule has 18 heavy (non-hydrogen) atoms. The molecule has 3 aliphatic rings. The van der Waals surface area contributed by atoms with Crippen molar-refractivity contribution in [2.24, 2.45) is 5.41 Å². The number of anilines is 1. The molecule has 2 fully saturated rings. The topological polar surface area (TPSA) is 25.4 Å². The summed E-state index contributed by atoms with van der Waals surface area (Å²) in [5, 5.41) is 0. The van der Waals surface area contributed by atoms with Crippen LogP contribution in [0.25, 0.3) is 0 Å². The average molecular weight is 244 g/mol. The minimum Gasteiger partial charge on any atom is -0.487 e. The van der Waals surface area contributed by atoms with E-state index in [0.717, 1.165) is 18.2 Å². The van der Waals surface area contributed by atoms with Crippen molar-refractivity contribution in [3.05, 3.63) is 17.8 Å². The van der Waals surface area contributed by atoms with Crippen LogP contribution >= 0.6 is 0 Å². The number of aromatic nitrogens is 1. The summed E-state index contributed by atoms with van der Waals surface area (Å²) >= 11 is 0. The predicted molar refractivity (Wildman–Crippen MR) is 71.2 cm³/mol.